The highest BCUT2D eigenvalue weighted by Gasteiger charge is 2.63. The van der Waals surface area contributed by atoms with E-state index >= 15 is 0 Å². The third kappa shape index (κ3) is 3.39. The summed E-state index contributed by atoms with van der Waals surface area (Å²) < 4.78 is 7.57. The number of aliphatic hydroxyl groups is 1. The van der Waals surface area contributed by atoms with E-state index in [9.17, 15) is 9.90 Å². The van der Waals surface area contributed by atoms with Crippen LogP contribution in [-0.2, 0) is 18.3 Å². The first kappa shape index (κ1) is 23.7. The molecule has 2 aromatic heterocycles. The van der Waals surface area contributed by atoms with Gasteiger partial charge in [0, 0.05) is 18.5 Å². The highest BCUT2D eigenvalue weighted by molar-refractivity contribution is 7.99. The Hall–Kier alpha value is -2.38. The number of carbonyl (C=O) groups excluding carboxylic acids is 1. The fourth-order valence-electron chi connectivity index (χ4n) is 9.03. The van der Waals surface area contributed by atoms with Gasteiger partial charge in [-0.1, -0.05) is 48.5 Å². The molecule has 3 fully saturated rings. The van der Waals surface area contributed by atoms with Crippen molar-refractivity contribution in [1.29, 1.82) is 0 Å². The average Bonchev–Trinajstić information content (AvgIpc) is 3.55. The van der Waals surface area contributed by atoms with Gasteiger partial charge in [-0.2, -0.15) is 0 Å². The molecule has 7 atom stereocenters. The molecule has 0 radical (unpaired) electrons. The number of aliphatic hydroxyl groups excluding tert-OH is 1. The van der Waals surface area contributed by atoms with Crippen LogP contribution in [0.25, 0.3) is 17.1 Å². The van der Waals surface area contributed by atoms with Crippen molar-refractivity contribution in [2.75, 3.05) is 5.75 Å². The number of Topliss-reactive ketones (excluding diaryl/α,β-unsaturated/α-hetero) is 1. The van der Waals surface area contributed by atoms with Gasteiger partial charge in [-0.15, -0.1) is 0 Å². The van der Waals surface area contributed by atoms with Crippen molar-refractivity contribution < 1.29 is 14.4 Å². The van der Waals surface area contributed by atoms with Crippen molar-refractivity contribution in [2.45, 2.75) is 63.6 Å². The minimum atomic E-state index is -0.401. The lowest BCUT2D eigenvalue weighted by atomic mass is 9.46. The molecular formula is C30H35N3O3S. The van der Waals surface area contributed by atoms with Gasteiger partial charge in [-0.25, -0.2) is 4.98 Å². The van der Waals surface area contributed by atoms with E-state index in [1.807, 2.05) is 31.4 Å². The van der Waals surface area contributed by atoms with Crippen molar-refractivity contribution in [3.8, 4) is 0 Å². The Balaban J connectivity index is 1.12. The first-order chi connectivity index (χ1) is 17.8. The largest absolute Gasteiger partial charge is 0.393 e. The summed E-state index contributed by atoms with van der Waals surface area (Å²) in [6, 6.07) is 8.11. The number of hydrogen-bond donors (Lipinski definition) is 1. The Morgan fingerprint density at radius 3 is 2.92 bits per heavy atom. The molecule has 0 bridgehead atoms. The van der Waals surface area contributed by atoms with Gasteiger partial charge in [-0.05, 0) is 85.3 Å². The summed E-state index contributed by atoms with van der Waals surface area (Å²) in [7, 11) is 2.02. The molecule has 4 aliphatic carbocycles. The van der Waals surface area contributed by atoms with Gasteiger partial charge < -0.3 is 14.2 Å². The van der Waals surface area contributed by atoms with Gasteiger partial charge in [-0.3, -0.25) is 4.79 Å². The number of benzene rings is 1. The zero-order chi connectivity index (χ0) is 25.5. The molecule has 3 saturated carbocycles. The van der Waals surface area contributed by atoms with Gasteiger partial charge in [0.1, 0.15) is 5.78 Å². The molecule has 0 aliphatic heterocycles. The third-order valence-electron chi connectivity index (χ3n) is 10.7. The SMILES string of the molecule is Cn1c(SCC(=O)C2CCC3C4CCC5=Cc6oncc6CC5(C)C4C(O)CC23C)nc2ccccc21. The summed E-state index contributed by atoms with van der Waals surface area (Å²) >= 11 is 1.56. The van der Waals surface area contributed by atoms with Crippen molar-refractivity contribution in [3.05, 3.63) is 47.4 Å². The zero-order valence-corrected chi connectivity index (χ0v) is 22.6. The smallest absolute Gasteiger partial charge is 0.169 e. The van der Waals surface area contributed by atoms with E-state index in [2.05, 4.69) is 35.7 Å². The molecule has 194 valence electrons. The molecule has 7 rings (SSSR count). The van der Waals surface area contributed by atoms with Crippen LogP contribution < -0.4 is 0 Å². The molecule has 4 aliphatic rings. The van der Waals surface area contributed by atoms with Gasteiger partial charge >= 0.3 is 0 Å². The summed E-state index contributed by atoms with van der Waals surface area (Å²) in [4.78, 5) is 18.5. The van der Waals surface area contributed by atoms with Crippen LogP contribution in [0.5, 0.6) is 0 Å². The van der Waals surface area contributed by atoms with Crippen molar-refractivity contribution in [2.24, 2.45) is 41.5 Å². The van der Waals surface area contributed by atoms with Crippen LogP contribution >= 0.6 is 11.8 Å². The number of thioether (sulfide) groups is 1. The molecule has 7 heteroatoms. The fourth-order valence-corrected chi connectivity index (χ4v) is 9.96. The molecule has 1 N–H and O–H groups in total. The molecule has 0 saturated heterocycles. The molecular weight excluding hydrogens is 482 g/mol. The molecule has 0 amide bonds. The third-order valence-corrected chi connectivity index (χ3v) is 11.7. The Morgan fingerprint density at radius 1 is 1.24 bits per heavy atom. The topological polar surface area (TPSA) is 81.2 Å². The number of para-hydroxylation sites is 2. The van der Waals surface area contributed by atoms with E-state index < -0.39 is 6.10 Å². The fraction of sp³-hybridized carbons (Fsp3) is 0.567. The Labute approximate surface area is 221 Å². The minimum Gasteiger partial charge on any atom is -0.393 e. The maximum absolute atomic E-state index is 13.7. The highest BCUT2D eigenvalue weighted by atomic mass is 32.2. The van der Waals surface area contributed by atoms with Crippen LogP contribution in [0.15, 0.2) is 45.7 Å². The number of ketones is 1. The van der Waals surface area contributed by atoms with Crippen LogP contribution in [0.3, 0.4) is 0 Å². The Bertz CT molecular complexity index is 1420. The zero-order valence-electron chi connectivity index (χ0n) is 21.8. The van der Waals surface area contributed by atoms with E-state index in [1.165, 1.54) is 5.57 Å². The molecule has 37 heavy (non-hydrogen) atoms. The van der Waals surface area contributed by atoms with Crippen LogP contribution in [0.4, 0.5) is 0 Å². The lowest BCUT2D eigenvalue weighted by Gasteiger charge is -2.59. The highest BCUT2D eigenvalue weighted by Crippen LogP contribution is 2.66. The maximum atomic E-state index is 13.7. The van der Waals surface area contributed by atoms with Crippen LogP contribution in [0.1, 0.15) is 57.3 Å². The predicted octanol–water partition coefficient (Wildman–Crippen LogP) is 5.69. The molecule has 0 spiro atoms. The van der Waals surface area contributed by atoms with Crippen LogP contribution in [0, 0.1) is 34.5 Å². The van der Waals surface area contributed by atoms with Crippen molar-refractivity contribution >= 4 is 34.7 Å². The monoisotopic (exact) mass is 517 g/mol. The number of aryl methyl sites for hydroxylation is 1. The van der Waals surface area contributed by atoms with E-state index in [-0.39, 0.29) is 22.7 Å². The second-order valence-corrected chi connectivity index (χ2v) is 13.4. The average molecular weight is 518 g/mol. The van der Waals surface area contributed by atoms with E-state index in [1.54, 1.807) is 11.8 Å². The quantitative estimate of drug-likeness (QED) is 0.448. The number of allylic oxidation sites excluding steroid dienone is 1. The molecule has 2 heterocycles. The molecule has 6 nitrogen and oxygen atoms in total. The second kappa shape index (κ2) is 8.31. The normalized spacial score (nSPS) is 36.4. The first-order valence-corrected chi connectivity index (χ1v) is 14.7. The Morgan fingerprint density at radius 2 is 2.08 bits per heavy atom. The van der Waals surface area contributed by atoms with E-state index in [0.29, 0.717) is 29.8 Å². The summed E-state index contributed by atoms with van der Waals surface area (Å²) in [5, 5.41) is 16.7. The van der Waals surface area contributed by atoms with E-state index in [0.717, 1.165) is 59.6 Å². The Kier molecular flexibility index (Phi) is 5.33. The van der Waals surface area contributed by atoms with Gasteiger partial charge in [0.05, 0.1) is 29.1 Å². The maximum Gasteiger partial charge on any atom is 0.169 e. The number of carbonyl (C=O) groups is 1. The predicted molar refractivity (Wildman–Crippen MR) is 144 cm³/mol. The summed E-state index contributed by atoms with van der Waals surface area (Å²) in [6.07, 6.45) is 9.40. The summed E-state index contributed by atoms with van der Waals surface area (Å²) in [5.41, 5.74) is 4.41. The summed E-state index contributed by atoms with van der Waals surface area (Å²) in [5.74, 6) is 2.82. The number of nitrogens with zero attached hydrogens (tertiary/aromatic N) is 3. The first-order valence-electron chi connectivity index (χ1n) is 13.7. The minimum absolute atomic E-state index is 0.0102. The molecule has 3 aromatic rings. The van der Waals surface area contributed by atoms with Gasteiger partial charge in [0.2, 0.25) is 0 Å². The summed E-state index contributed by atoms with van der Waals surface area (Å²) in [6.45, 7) is 4.65. The van der Waals surface area contributed by atoms with Crippen LogP contribution in [-0.4, -0.2) is 37.5 Å². The second-order valence-electron chi connectivity index (χ2n) is 12.4. The number of imidazole rings is 1. The molecule has 7 unspecified atom stereocenters. The van der Waals surface area contributed by atoms with Crippen molar-refractivity contribution in [3.63, 3.8) is 0 Å². The van der Waals surface area contributed by atoms with Gasteiger partial charge in [0.15, 0.2) is 10.9 Å². The van der Waals surface area contributed by atoms with Crippen LogP contribution in [0.2, 0.25) is 0 Å². The number of aromatic nitrogens is 3. The van der Waals surface area contributed by atoms with E-state index in [4.69, 9.17) is 9.51 Å². The number of fused-ring (bicyclic) bond motifs is 7. The number of hydrogen-bond acceptors (Lipinski definition) is 6. The number of rotatable bonds is 4. The van der Waals surface area contributed by atoms with Gasteiger partial charge in [0.25, 0.3) is 0 Å². The lowest BCUT2D eigenvalue weighted by molar-refractivity contribution is -0.140. The lowest BCUT2D eigenvalue weighted by Crippen LogP contribution is -2.57. The van der Waals surface area contributed by atoms with Crippen molar-refractivity contribution in [1.82, 2.24) is 14.7 Å². The standard InChI is InChI=1S/C30H35N3O3S/c1-29-13-17-15-31-36-26(17)12-18(29)8-9-19-20-10-11-21(30(20,2)14-24(34)27(19)29)25(35)16-37-28-32-22-6-4-5-7-23(22)33(28)3/h4-7,12,15,19-21,24,27,34H,8-11,13-14,16H2,1-3H3. The molecule has 1 aromatic carbocycles.